The first kappa shape index (κ1) is 43.9. The topological polar surface area (TPSA) is 166 Å². The number of nitrogens with one attached hydrogen (secondary N) is 1. The number of rotatable bonds is 27. The maximum Gasteiger partial charge on any atom is 0.336 e. The Morgan fingerprint density at radius 2 is 1.56 bits per heavy atom. The summed E-state index contributed by atoms with van der Waals surface area (Å²) in [5, 5.41) is 24.0. The Bertz CT molecular complexity index is 1280. The molecule has 1 amide bonds. The number of carboxylic acid groups (broad SMARTS) is 1. The third-order valence-electron chi connectivity index (χ3n) is 8.16. The molecule has 0 saturated carbocycles. The van der Waals surface area contributed by atoms with E-state index in [1.165, 1.54) is 25.3 Å². The van der Waals surface area contributed by atoms with E-state index < -0.39 is 54.4 Å². The molecule has 0 fully saturated rings. The van der Waals surface area contributed by atoms with Gasteiger partial charge in [0.25, 0.3) is 0 Å². The zero-order valence-corrected chi connectivity index (χ0v) is 30.3. The van der Waals surface area contributed by atoms with Crippen molar-refractivity contribution in [3.63, 3.8) is 0 Å². The lowest BCUT2D eigenvalue weighted by molar-refractivity contribution is -0.170. The van der Waals surface area contributed by atoms with Gasteiger partial charge in [0.05, 0.1) is 19.1 Å². The van der Waals surface area contributed by atoms with Crippen LogP contribution in [0.25, 0.3) is 0 Å². The van der Waals surface area contributed by atoms with Crippen molar-refractivity contribution in [2.75, 3.05) is 19.8 Å². The van der Waals surface area contributed by atoms with Crippen LogP contribution in [0.2, 0.25) is 0 Å². The van der Waals surface area contributed by atoms with E-state index in [4.69, 9.17) is 14.2 Å². The highest BCUT2D eigenvalue weighted by atomic mass is 16.5. The van der Waals surface area contributed by atoms with Crippen molar-refractivity contribution < 1.29 is 48.4 Å². The zero-order valence-electron chi connectivity index (χ0n) is 30.3. The second-order valence-corrected chi connectivity index (χ2v) is 12.3. The van der Waals surface area contributed by atoms with Crippen molar-refractivity contribution in [1.29, 1.82) is 0 Å². The number of Topliss-reactive ketones (excluding diaryl/α,β-unsaturated/α-hetero) is 1. The summed E-state index contributed by atoms with van der Waals surface area (Å²) in [4.78, 5) is 62.6. The van der Waals surface area contributed by atoms with Crippen LogP contribution < -0.4 is 10.1 Å². The molecule has 0 unspecified atom stereocenters. The molecule has 0 aliphatic heterocycles. The number of allylic oxidation sites excluding steroid dienone is 1. The molecule has 3 atom stereocenters. The first-order valence-corrected chi connectivity index (χ1v) is 17.8. The van der Waals surface area contributed by atoms with Gasteiger partial charge in [-0.15, -0.1) is 5.92 Å². The van der Waals surface area contributed by atoms with Gasteiger partial charge in [-0.2, -0.15) is 0 Å². The first-order chi connectivity index (χ1) is 24.0. The molecule has 0 spiro atoms. The van der Waals surface area contributed by atoms with E-state index in [0.29, 0.717) is 36.4 Å². The Morgan fingerprint density at radius 3 is 2.14 bits per heavy atom. The van der Waals surface area contributed by atoms with Gasteiger partial charge in [-0.1, -0.05) is 75.7 Å². The summed E-state index contributed by atoms with van der Waals surface area (Å²) in [6, 6.07) is 5.66. The van der Waals surface area contributed by atoms with Gasteiger partial charge in [0, 0.05) is 32.6 Å². The second-order valence-electron chi connectivity index (χ2n) is 12.3. The van der Waals surface area contributed by atoms with Crippen LogP contribution in [0.4, 0.5) is 0 Å². The van der Waals surface area contributed by atoms with E-state index in [1.54, 1.807) is 44.2 Å². The van der Waals surface area contributed by atoms with Gasteiger partial charge in [0.1, 0.15) is 24.2 Å². The fourth-order valence-electron chi connectivity index (χ4n) is 5.28. The third-order valence-corrected chi connectivity index (χ3v) is 8.16. The Kier molecular flexibility index (Phi) is 22.6. The van der Waals surface area contributed by atoms with E-state index >= 15 is 0 Å². The van der Waals surface area contributed by atoms with Gasteiger partial charge in [0.2, 0.25) is 5.91 Å². The maximum atomic E-state index is 13.7. The molecule has 0 aliphatic carbocycles. The van der Waals surface area contributed by atoms with Gasteiger partial charge in [-0.05, 0) is 57.2 Å². The van der Waals surface area contributed by atoms with Crippen molar-refractivity contribution >= 4 is 29.6 Å². The molecule has 278 valence electrons. The molecule has 0 bridgehead atoms. The molecule has 0 saturated heterocycles. The highest BCUT2D eigenvalue weighted by Gasteiger charge is 2.47. The summed E-state index contributed by atoms with van der Waals surface area (Å²) >= 11 is 0. The standard InChI is InChI=1S/C39H57NO10/c1-5-8-10-13-16-19-32(42)20-17-14-11-12-15-18-21-34(39(47,38(45)46)26-28-49-30(4)41)36(43)40-35(37(44)48-7-3)29-31-22-24-33(25-23-31)50-27-9-6-2/h18,21-25,34-35,47H,5,7-8,10-17,19-20,26-29H2,1-4H3,(H,40,43)(H,45,46)/b21-18+/t34-,35+,39+/m1/s1. The molecule has 1 rings (SSSR count). The molecule has 1 aromatic rings. The predicted octanol–water partition coefficient (Wildman–Crippen LogP) is 5.89. The summed E-state index contributed by atoms with van der Waals surface area (Å²) < 4.78 is 15.6. The number of carboxylic acids is 1. The highest BCUT2D eigenvalue weighted by Crippen LogP contribution is 2.26. The van der Waals surface area contributed by atoms with Gasteiger partial charge < -0.3 is 29.7 Å². The normalized spacial score (nSPS) is 13.3. The third kappa shape index (κ3) is 18.0. The van der Waals surface area contributed by atoms with Crippen molar-refractivity contribution in [3.05, 3.63) is 42.0 Å². The lowest BCUT2D eigenvalue weighted by atomic mass is 9.83. The lowest BCUT2D eigenvalue weighted by Crippen LogP contribution is -2.55. The number of hydrogen-bond acceptors (Lipinski definition) is 9. The number of ketones is 1. The average molecular weight is 700 g/mol. The fourth-order valence-corrected chi connectivity index (χ4v) is 5.28. The minimum atomic E-state index is -2.65. The lowest BCUT2D eigenvalue weighted by Gasteiger charge is -2.31. The molecule has 0 aliphatic rings. The predicted molar refractivity (Wildman–Crippen MR) is 190 cm³/mol. The Labute approximate surface area is 297 Å². The quantitative estimate of drug-likeness (QED) is 0.0436. The highest BCUT2D eigenvalue weighted by molar-refractivity contribution is 5.93. The minimum absolute atomic E-state index is 0.0242. The monoisotopic (exact) mass is 699 g/mol. The van der Waals surface area contributed by atoms with Crippen molar-refractivity contribution in [1.82, 2.24) is 5.32 Å². The van der Waals surface area contributed by atoms with E-state index in [9.17, 15) is 34.2 Å². The molecule has 0 aromatic heterocycles. The number of aliphatic hydroxyl groups is 1. The molecule has 0 heterocycles. The fraction of sp³-hybridized carbons (Fsp3) is 0.615. The van der Waals surface area contributed by atoms with Gasteiger partial charge in [-0.3, -0.25) is 14.4 Å². The largest absolute Gasteiger partial charge is 0.481 e. The summed E-state index contributed by atoms with van der Waals surface area (Å²) in [5.41, 5.74) is -1.98. The van der Waals surface area contributed by atoms with Crippen LogP contribution in [0.1, 0.15) is 117 Å². The Morgan fingerprint density at radius 1 is 0.920 bits per heavy atom. The zero-order chi connectivity index (χ0) is 37.2. The number of aliphatic carboxylic acids is 1. The van der Waals surface area contributed by atoms with E-state index in [-0.39, 0.29) is 19.6 Å². The van der Waals surface area contributed by atoms with Crippen molar-refractivity contribution in [2.45, 2.75) is 129 Å². The number of hydrogen-bond donors (Lipinski definition) is 3. The van der Waals surface area contributed by atoms with Crippen LogP contribution in [0, 0.1) is 17.8 Å². The number of carbonyl (C=O) groups is 5. The minimum Gasteiger partial charge on any atom is -0.481 e. The summed E-state index contributed by atoms with van der Waals surface area (Å²) in [6.07, 6.45) is 12.9. The molecule has 11 heteroatoms. The van der Waals surface area contributed by atoms with Crippen LogP contribution in [0.15, 0.2) is 36.4 Å². The van der Waals surface area contributed by atoms with Crippen LogP contribution in [0.3, 0.4) is 0 Å². The van der Waals surface area contributed by atoms with E-state index in [2.05, 4.69) is 24.1 Å². The Hall–Kier alpha value is -4.17. The maximum absolute atomic E-state index is 13.7. The molecule has 11 nitrogen and oxygen atoms in total. The SMILES string of the molecule is CC#CCOc1ccc(C[C@H](NC(=O)[C@@H](/C=C/CCCCCCC(=O)CCCCCCC)[C@@](O)(CCOC(C)=O)C(=O)O)C(=O)OCC)cc1. The summed E-state index contributed by atoms with van der Waals surface area (Å²) in [6.45, 7) is 6.47. The van der Waals surface area contributed by atoms with Crippen molar-refractivity contribution in [2.24, 2.45) is 5.92 Å². The average Bonchev–Trinajstić information content (AvgIpc) is 3.07. The van der Waals surface area contributed by atoms with Crippen LogP contribution in [0.5, 0.6) is 5.75 Å². The number of carbonyl (C=O) groups excluding carboxylic acids is 4. The number of esters is 2. The smallest absolute Gasteiger partial charge is 0.336 e. The molecular formula is C39H57NO10. The van der Waals surface area contributed by atoms with Gasteiger partial charge in [0.15, 0.2) is 5.60 Å². The number of amides is 1. The summed E-state index contributed by atoms with van der Waals surface area (Å²) in [5.74, 6) is 0.801. The number of ether oxygens (including phenoxy) is 3. The van der Waals surface area contributed by atoms with Gasteiger partial charge in [-0.25, -0.2) is 9.59 Å². The molecule has 3 N–H and O–H groups in total. The number of unbranched alkanes of at least 4 members (excludes halogenated alkanes) is 8. The van der Waals surface area contributed by atoms with Crippen LogP contribution >= 0.6 is 0 Å². The molecule has 0 radical (unpaired) electrons. The molecule has 50 heavy (non-hydrogen) atoms. The number of benzene rings is 1. The molecule has 1 aromatic carbocycles. The van der Waals surface area contributed by atoms with E-state index in [0.717, 1.165) is 45.4 Å². The van der Waals surface area contributed by atoms with Crippen LogP contribution in [-0.2, 0) is 39.9 Å². The molecular weight excluding hydrogens is 642 g/mol. The first-order valence-electron chi connectivity index (χ1n) is 17.8. The van der Waals surface area contributed by atoms with Gasteiger partial charge >= 0.3 is 17.9 Å². The van der Waals surface area contributed by atoms with E-state index in [1.807, 2.05) is 0 Å². The van der Waals surface area contributed by atoms with Crippen LogP contribution in [-0.4, -0.2) is 71.3 Å². The van der Waals surface area contributed by atoms with Crippen molar-refractivity contribution in [3.8, 4) is 17.6 Å². The summed E-state index contributed by atoms with van der Waals surface area (Å²) in [7, 11) is 0. The Balaban J connectivity index is 2.99. The second kappa shape index (κ2) is 25.8.